The standard InChI is InChI=1S/C19H21F3N2O3/c1-11-16(18(26)27-4)12(2)23-17(11)15(25)10-24(3)9-13-5-7-14(8-6-13)19(20,21)22/h5-8,23H,9-10H2,1-4H3. The number of carbonyl (C=O) groups excluding carboxylic acids is 2. The number of ether oxygens (including phenoxy) is 1. The number of hydrogen-bond acceptors (Lipinski definition) is 4. The maximum atomic E-state index is 12.6. The molecule has 0 spiro atoms. The normalized spacial score (nSPS) is 11.7. The molecule has 146 valence electrons. The second-order valence-corrected chi connectivity index (χ2v) is 6.41. The lowest BCUT2D eigenvalue weighted by Gasteiger charge is -2.16. The predicted molar refractivity (Wildman–Crippen MR) is 93.7 cm³/mol. The number of benzene rings is 1. The minimum Gasteiger partial charge on any atom is -0.465 e. The monoisotopic (exact) mass is 382 g/mol. The van der Waals surface area contributed by atoms with Gasteiger partial charge >= 0.3 is 12.1 Å². The number of alkyl halides is 3. The second kappa shape index (κ2) is 7.96. The van der Waals surface area contributed by atoms with Crippen LogP contribution >= 0.6 is 0 Å². The summed E-state index contributed by atoms with van der Waals surface area (Å²) in [5.74, 6) is -0.737. The molecule has 2 rings (SSSR count). The van der Waals surface area contributed by atoms with Gasteiger partial charge in [-0.15, -0.1) is 0 Å². The summed E-state index contributed by atoms with van der Waals surface area (Å²) in [6.07, 6.45) is -4.37. The summed E-state index contributed by atoms with van der Waals surface area (Å²) < 4.78 is 42.5. The van der Waals surface area contributed by atoms with Crippen LogP contribution in [0.2, 0.25) is 0 Å². The number of aryl methyl sites for hydroxylation is 1. The van der Waals surface area contributed by atoms with Crippen molar-refractivity contribution in [2.75, 3.05) is 20.7 Å². The lowest BCUT2D eigenvalue weighted by atomic mass is 10.1. The molecule has 0 amide bonds. The summed E-state index contributed by atoms with van der Waals surface area (Å²) in [5.41, 5.74) is 1.68. The van der Waals surface area contributed by atoms with Crippen LogP contribution in [-0.4, -0.2) is 42.3 Å². The Kier molecular flexibility index (Phi) is 6.10. The topological polar surface area (TPSA) is 62.4 Å². The lowest BCUT2D eigenvalue weighted by molar-refractivity contribution is -0.137. The Morgan fingerprint density at radius 3 is 2.26 bits per heavy atom. The van der Waals surface area contributed by atoms with Gasteiger partial charge in [0, 0.05) is 12.2 Å². The van der Waals surface area contributed by atoms with Crippen LogP contribution in [0.5, 0.6) is 0 Å². The number of likely N-dealkylation sites (N-methyl/N-ethyl adjacent to an activating group) is 1. The van der Waals surface area contributed by atoms with Crippen LogP contribution in [0.4, 0.5) is 13.2 Å². The van der Waals surface area contributed by atoms with Crippen LogP contribution in [0.25, 0.3) is 0 Å². The fraction of sp³-hybridized carbons (Fsp3) is 0.368. The van der Waals surface area contributed by atoms with Gasteiger partial charge in [-0.2, -0.15) is 13.2 Å². The van der Waals surface area contributed by atoms with Crippen LogP contribution in [0.15, 0.2) is 24.3 Å². The summed E-state index contributed by atoms with van der Waals surface area (Å²) in [7, 11) is 2.97. The van der Waals surface area contributed by atoms with Crippen LogP contribution in [0.3, 0.4) is 0 Å². The molecule has 1 heterocycles. The molecule has 0 radical (unpaired) electrons. The number of aromatic nitrogens is 1. The summed E-state index contributed by atoms with van der Waals surface area (Å²) in [6, 6.07) is 4.82. The molecule has 1 aromatic carbocycles. The highest BCUT2D eigenvalue weighted by atomic mass is 19.4. The number of aromatic amines is 1. The molecule has 0 atom stereocenters. The van der Waals surface area contributed by atoms with E-state index >= 15 is 0 Å². The number of carbonyl (C=O) groups is 2. The fourth-order valence-corrected chi connectivity index (χ4v) is 2.93. The Balaban J connectivity index is 2.07. The molecule has 0 saturated carbocycles. The van der Waals surface area contributed by atoms with Crippen LogP contribution in [0.1, 0.15) is 43.2 Å². The number of Topliss-reactive ketones (excluding diaryl/α,β-unsaturated/α-hetero) is 1. The highest BCUT2D eigenvalue weighted by Crippen LogP contribution is 2.29. The lowest BCUT2D eigenvalue weighted by Crippen LogP contribution is -2.26. The maximum Gasteiger partial charge on any atom is 0.416 e. The zero-order valence-electron chi connectivity index (χ0n) is 15.5. The van der Waals surface area contributed by atoms with E-state index in [2.05, 4.69) is 4.98 Å². The van der Waals surface area contributed by atoms with Crippen LogP contribution in [0, 0.1) is 13.8 Å². The Bertz CT molecular complexity index is 839. The quantitative estimate of drug-likeness (QED) is 0.611. The first kappa shape index (κ1) is 20.7. The van der Waals surface area contributed by atoms with E-state index in [-0.39, 0.29) is 12.3 Å². The molecule has 27 heavy (non-hydrogen) atoms. The molecule has 1 N–H and O–H groups in total. The first-order chi connectivity index (χ1) is 12.5. The van der Waals surface area contributed by atoms with Gasteiger partial charge in [-0.3, -0.25) is 9.69 Å². The van der Waals surface area contributed by atoms with Crippen molar-refractivity contribution < 1.29 is 27.5 Å². The Morgan fingerprint density at radius 1 is 1.15 bits per heavy atom. The number of methoxy groups -OCH3 is 1. The van der Waals surface area contributed by atoms with E-state index in [1.807, 2.05) is 0 Å². The molecule has 0 saturated heterocycles. The SMILES string of the molecule is COC(=O)c1c(C)[nH]c(C(=O)CN(C)Cc2ccc(C(F)(F)F)cc2)c1C. The highest BCUT2D eigenvalue weighted by Gasteiger charge is 2.30. The molecule has 0 fully saturated rings. The minimum absolute atomic E-state index is 0.0441. The zero-order valence-corrected chi connectivity index (χ0v) is 15.5. The first-order valence-corrected chi connectivity index (χ1v) is 8.20. The highest BCUT2D eigenvalue weighted by molar-refractivity contribution is 6.02. The van der Waals surface area contributed by atoms with Crippen molar-refractivity contribution in [2.45, 2.75) is 26.6 Å². The van der Waals surface area contributed by atoms with Crippen molar-refractivity contribution in [3.8, 4) is 0 Å². The average molecular weight is 382 g/mol. The van der Waals surface area contributed by atoms with Gasteiger partial charge in [0.05, 0.1) is 30.5 Å². The van der Waals surface area contributed by atoms with E-state index in [1.54, 1.807) is 25.8 Å². The number of H-pyrrole nitrogens is 1. The predicted octanol–water partition coefficient (Wildman–Crippen LogP) is 3.75. The van der Waals surface area contributed by atoms with Gasteiger partial charge in [0.1, 0.15) is 0 Å². The number of esters is 1. The van der Waals surface area contributed by atoms with Gasteiger partial charge in [0.15, 0.2) is 5.78 Å². The molecule has 0 unspecified atom stereocenters. The van der Waals surface area contributed by atoms with Gasteiger partial charge in [-0.25, -0.2) is 4.79 Å². The third-order valence-corrected chi connectivity index (χ3v) is 4.25. The Labute approximate surface area is 155 Å². The van der Waals surface area contributed by atoms with Gasteiger partial charge in [-0.1, -0.05) is 12.1 Å². The molecule has 0 aliphatic heterocycles. The number of hydrogen-bond donors (Lipinski definition) is 1. The number of halogens is 3. The van der Waals surface area contributed by atoms with Gasteiger partial charge < -0.3 is 9.72 Å². The average Bonchev–Trinajstić information content (AvgIpc) is 2.88. The summed E-state index contributed by atoms with van der Waals surface area (Å²) >= 11 is 0. The third-order valence-electron chi connectivity index (χ3n) is 4.25. The molecule has 8 heteroatoms. The zero-order chi connectivity index (χ0) is 20.4. The smallest absolute Gasteiger partial charge is 0.416 e. The van der Waals surface area contributed by atoms with E-state index in [9.17, 15) is 22.8 Å². The summed E-state index contributed by atoms with van der Waals surface area (Å²) in [6.45, 7) is 3.70. The third kappa shape index (κ3) is 4.77. The van der Waals surface area contributed by atoms with Gasteiger partial charge in [0.25, 0.3) is 0 Å². The fourth-order valence-electron chi connectivity index (χ4n) is 2.93. The molecule has 5 nitrogen and oxygen atoms in total. The van der Waals surface area contributed by atoms with E-state index in [1.165, 1.54) is 19.2 Å². The molecule has 0 aliphatic rings. The molecular weight excluding hydrogens is 361 g/mol. The number of ketones is 1. The Morgan fingerprint density at radius 2 is 1.74 bits per heavy atom. The van der Waals surface area contributed by atoms with Crippen molar-refractivity contribution in [2.24, 2.45) is 0 Å². The van der Waals surface area contributed by atoms with Crippen molar-refractivity contribution in [3.05, 3.63) is 57.9 Å². The number of nitrogens with one attached hydrogen (secondary N) is 1. The van der Waals surface area contributed by atoms with E-state index in [0.29, 0.717) is 34.6 Å². The summed E-state index contributed by atoms with van der Waals surface area (Å²) in [4.78, 5) is 29.0. The van der Waals surface area contributed by atoms with Crippen molar-refractivity contribution >= 4 is 11.8 Å². The van der Waals surface area contributed by atoms with Crippen molar-refractivity contribution in [3.63, 3.8) is 0 Å². The molecule has 0 aliphatic carbocycles. The van der Waals surface area contributed by atoms with Crippen LogP contribution < -0.4 is 0 Å². The Hall–Kier alpha value is -2.61. The molecule has 2 aromatic rings. The van der Waals surface area contributed by atoms with E-state index < -0.39 is 17.7 Å². The molecule has 0 bridgehead atoms. The summed E-state index contributed by atoms with van der Waals surface area (Å²) in [5, 5.41) is 0. The van der Waals surface area contributed by atoms with Gasteiger partial charge in [0.2, 0.25) is 0 Å². The number of nitrogens with zero attached hydrogens (tertiary/aromatic N) is 1. The molecular formula is C19H21F3N2O3. The number of rotatable bonds is 6. The first-order valence-electron chi connectivity index (χ1n) is 8.20. The second-order valence-electron chi connectivity index (χ2n) is 6.41. The van der Waals surface area contributed by atoms with Crippen molar-refractivity contribution in [1.29, 1.82) is 0 Å². The maximum absolute atomic E-state index is 12.6. The van der Waals surface area contributed by atoms with Gasteiger partial charge in [-0.05, 0) is 44.2 Å². The van der Waals surface area contributed by atoms with E-state index in [4.69, 9.17) is 4.74 Å². The van der Waals surface area contributed by atoms with Crippen molar-refractivity contribution in [1.82, 2.24) is 9.88 Å². The largest absolute Gasteiger partial charge is 0.465 e. The van der Waals surface area contributed by atoms with Crippen LogP contribution in [-0.2, 0) is 17.5 Å². The minimum atomic E-state index is -4.37. The molecule has 1 aromatic heterocycles. The van der Waals surface area contributed by atoms with E-state index in [0.717, 1.165) is 12.1 Å².